The predicted octanol–water partition coefficient (Wildman–Crippen LogP) is 2.78. The average Bonchev–Trinajstić information content (AvgIpc) is 2.32. The summed E-state index contributed by atoms with van der Waals surface area (Å²) in [6, 6.07) is 6.03. The third-order valence-electron chi connectivity index (χ3n) is 3.68. The minimum Gasteiger partial charge on any atom is -0.507 e. The molecule has 0 bridgehead atoms. The first-order valence-electron chi connectivity index (χ1n) is 6.40. The SMILES string of the molecule is CC(O)c1ccc(N2CCSC(C)C2C)cc1O. The molecule has 2 rings (SSSR count). The Kier molecular flexibility index (Phi) is 4.07. The molecule has 1 saturated heterocycles. The first-order valence-corrected chi connectivity index (χ1v) is 7.45. The van der Waals surface area contributed by atoms with Crippen LogP contribution >= 0.6 is 11.8 Å². The number of anilines is 1. The fourth-order valence-corrected chi connectivity index (χ4v) is 3.46. The van der Waals surface area contributed by atoms with Gasteiger partial charge in [-0.05, 0) is 19.9 Å². The van der Waals surface area contributed by atoms with E-state index in [1.54, 1.807) is 13.0 Å². The zero-order valence-corrected chi connectivity index (χ0v) is 11.9. The molecule has 0 amide bonds. The van der Waals surface area contributed by atoms with E-state index in [9.17, 15) is 10.2 Å². The number of hydrogen-bond acceptors (Lipinski definition) is 4. The highest BCUT2D eigenvalue weighted by atomic mass is 32.2. The van der Waals surface area contributed by atoms with Gasteiger partial charge in [-0.25, -0.2) is 0 Å². The summed E-state index contributed by atoms with van der Waals surface area (Å²) in [5.74, 6) is 1.30. The number of benzene rings is 1. The summed E-state index contributed by atoms with van der Waals surface area (Å²) in [6.45, 7) is 7.13. The Balaban J connectivity index is 2.26. The Morgan fingerprint density at radius 1 is 1.39 bits per heavy atom. The molecule has 1 aromatic rings. The van der Waals surface area contributed by atoms with Crippen molar-refractivity contribution in [2.75, 3.05) is 17.2 Å². The molecule has 0 saturated carbocycles. The number of aliphatic hydroxyl groups is 1. The van der Waals surface area contributed by atoms with E-state index in [0.29, 0.717) is 16.9 Å². The second-order valence-electron chi connectivity index (χ2n) is 4.93. The third kappa shape index (κ3) is 2.59. The first kappa shape index (κ1) is 13.6. The molecule has 0 aliphatic carbocycles. The normalized spacial score (nSPS) is 26.1. The highest BCUT2D eigenvalue weighted by Crippen LogP contribution is 2.33. The van der Waals surface area contributed by atoms with Gasteiger partial charge in [-0.15, -0.1) is 0 Å². The molecule has 1 aliphatic heterocycles. The van der Waals surface area contributed by atoms with Crippen molar-refractivity contribution in [1.29, 1.82) is 0 Å². The molecule has 3 atom stereocenters. The van der Waals surface area contributed by atoms with Crippen molar-refractivity contribution in [3.8, 4) is 5.75 Å². The molecule has 1 heterocycles. The van der Waals surface area contributed by atoms with Gasteiger partial charge in [0.25, 0.3) is 0 Å². The Labute approximate surface area is 113 Å². The lowest BCUT2D eigenvalue weighted by atomic mass is 10.1. The molecule has 0 aromatic heterocycles. The van der Waals surface area contributed by atoms with Crippen molar-refractivity contribution in [3.05, 3.63) is 23.8 Å². The van der Waals surface area contributed by atoms with Gasteiger partial charge in [0.15, 0.2) is 0 Å². The Hall–Kier alpha value is -0.870. The number of rotatable bonds is 2. The van der Waals surface area contributed by atoms with E-state index in [1.807, 2.05) is 23.9 Å². The van der Waals surface area contributed by atoms with Crippen LogP contribution in [0.1, 0.15) is 32.4 Å². The molecule has 18 heavy (non-hydrogen) atoms. The second kappa shape index (κ2) is 5.41. The van der Waals surface area contributed by atoms with Gasteiger partial charge in [-0.1, -0.05) is 13.0 Å². The summed E-state index contributed by atoms with van der Waals surface area (Å²) < 4.78 is 0. The second-order valence-corrected chi connectivity index (χ2v) is 6.41. The van der Waals surface area contributed by atoms with Crippen molar-refractivity contribution >= 4 is 17.4 Å². The van der Waals surface area contributed by atoms with Crippen LogP contribution in [0.5, 0.6) is 5.75 Å². The maximum atomic E-state index is 9.95. The number of phenolic OH excluding ortho intramolecular Hbond substituents is 1. The summed E-state index contributed by atoms with van der Waals surface area (Å²) in [7, 11) is 0. The van der Waals surface area contributed by atoms with Crippen LogP contribution in [0.4, 0.5) is 5.69 Å². The highest BCUT2D eigenvalue weighted by molar-refractivity contribution is 8.00. The van der Waals surface area contributed by atoms with Crippen LogP contribution in [-0.4, -0.2) is 33.8 Å². The lowest BCUT2D eigenvalue weighted by molar-refractivity contribution is 0.195. The minimum atomic E-state index is -0.632. The van der Waals surface area contributed by atoms with Gasteiger partial charge in [0, 0.05) is 40.9 Å². The van der Waals surface area contributed by atoms with Crippen molar-refractivity contribution in [3.63, 3.8) is 0 Å². The number of nitrogens with zero attached hydrogens (tertiary/aromatic N) is 1. The summed E-state index contributed by atoms with van der Waals surface area (Å²) in [5, 5.41) is 20.1. The van der Waals surface area contributed by atoms with Crippen LogP contribution in [-0.2, 0) is 0 Å². The smallest absolute Gasteiger partial charge is 0.123 e. The first-order chi connectivity index (χ1) is 8.50. The maximum Gasteiger partial charge on any atom is 0.123 e. The summed E-state index contributed by atoms with van der Waals surface area (Å²) in [6.07, 6.45) is -0.632. The number of aromatic hydroxyl groups is 1. The fraction of sp³-hybridized carbons (Fsp3) is 0.571. The monoisotopic (exact) mass is 267 g/mol. The van der Waals surface area contributed by atoms with Gasteiger partial charge in [0.1, 0.15) is 5.75 Å². The van der Waals surface area contributed by atoms with Crippen molar-refractivity contribution in [2.24, 2.45) is 0 Å². The van der Waals surface area contributed by atoms with Gasteiger partial charge in [-0.2, -0.15) is 11.8 Å². The zero-order valence-electron chi connectivity index (χ0n) is 11.1. The zero-order chi connectivity index (χ0) is 13.3. The molecular formula is C14H21NO2S. The number of hydrogen-bond donors (Lipinski definition) is 2. The van der Waals surface area contributed by atoms with Crippen molar-refractivity contribution < 1.29 is 10.2 Å². The molecule has 3 nitrogen and oxygen atoms in total. The molecule has 1 fully saturated rings. The number of aliphatic hydroxyl groups excluding tert-OH is 1. The standard InChI is InChI=1S/C14H21NO2S/c1-9-11(3)18-7-6-15(9)12-4-5-13(10(2)16)14(17)8-12/h4-5,8-11,16-17H,6-7H2,1-3H3. The largest absolute Gasteiger partial charge is 0.507 e. The molecule has 1 aliphatic rings. The van der Waals surface area contributed by atoms with Crippen molar-refractivity contribution in [2.45, 2.75) is 38.2 Å². The molecule has 2 N–H and O–H groups in total. The van der Waals surface area contributed by atoms with Crippen LogP contribution in [0.15, 0.2) is 18.2 Å². The van der Waals surface area contributed by atoms with E-state index in [-0.39, 0.29) is 5.75 Å². The summed E-state index contributed by atoms with van der Waals surface area (Å²) in [4.78, 5) is 2.33. The molecule has 3 unspecified atom stereocenters. The maximum absolute atomic E-state index is 9.95. The lowest BCUT2D eigenvalue weighted by Crippen LogP contribution is -2.44. The van der Waals surface area contributed by atoms with E-state index in [0.717, 1.165) is 18.0 Å². The fourth-order valence-electron chi connectivity index (χ4n) is 2.36. The van der Waals surface area contributed by atoms with Crippen molar-refractivity contribution in [1.82, 2.24) is 0 Å². The molecule has 100 valence electrons. The summed E-state index contributed by atoms with van der Waals surface area (Å²) >= 11 is 1.99. The van der Waals surface area contributed by atoms with Gasteiger partial charge in [0.2, 0.25) is 0 Å². The number of thioether (sulfide) groups is 1. The van der Waals surface area contributed by atoms with Crippen LogP contribution in [0, 0.1) is 0 Å². The molecular weight excluding hydrogens is 246 g/mol. The molecule has 1 aromatic carbocycles. The number of phenols is 1. The molecule has 0 spiro atoms. The van der Waals surface area contributed by atoms with Gasteiger partial charge >= 0.3 is 0 Å². The summed E-state index contributed by atoms with van der Waals surface area (Å²) in [5.41, 5.74) is 1.63. The van der Waals surface area contributed by atoms with Crippen LogP contribution in [0.25, 0.3) is 0 Å². The Bertz CT molecular complexity index is 422. The topological polar surface area (TPSA) is 43.7 Å². The van der Waals surface area contributed by atoms with Crippen LogP contribution in [0.2, 0.25) is 0 Å². The lowest BCUT2D eigenvalue weighted by Gasteiger charge is -2.39. The van der Waals surface area contributed by atoms with E-state index >= 15 is 0 Å². The van der Waals surface area contributed by atoms with Crippen LogP contribution in [0.3, 0.4) is 0 Å². The van der Waals surface area contributed by atoms with E-state index < -0.39 is 6.10 Å². The third-order valence-corrected chi connectivity index (χ3v) is 5.02. The van der Waals surface area contributed by atoms with Crippen LogP contribution < -0.4 is 4.90 Å². The molecule has 0 radical (unpaired) electrons. The van der Waals surface area contributed by atoms with Gasteiger partial charge < -0.3 is 15.1 Å². The Morgan fingerprint density at radius 3 is 2.72 bits per heavy atom. The van der Waals surface area contributed by atoms with E-state index in [1.165, 1.54) is 0 Å². The Morgan fingerprint density at radius 2 is 2.11 bits per heavy atom. The minimum absolute atomic E-state index is 0.181. The van der Waals surface area contributed by atoms with E-state index in [2.05, 4.69) is 18.7 Å². The molecule has 4 heteroatoms. The highest BCUT2D eigenvalue weighted by Gasteiger charge is 2.25. The quantitative estimate of drug-likeness (QED) is 0.865. The van der Waals surface area contributed by atoms with E-state index in [4.69, 9.17) is 0 Å². The van der Waals surface area contributed by atoms with Gasteiger partial charge in [0.05, 0.1) is 6.10 Å². The average molecular weight is 267 g/mol. The predicted molar refractivity (Wildman–Crippen MR) is 77.5 cm³/mol. The van der Waals surface area contributed by atoms with Gasteiger partial charge in [-0.3, -0.25) is 0 Å².